The normalized spacial score (nSPS) is 25.0. The van der Waals surface area contributed by atoms with Gasteiger partial charge in [0.25, 0.3) is 0 Å². The molecule has 3 saturated carbocycles. The molecule has 328 valence electrons. The van der Waals surface area contributed by atoms with Crippen LogP contribution in [0.1, 0.15) is 178 Å². The van der Waals surface area contributed by atoms with Gasteiger partial charge in [-0.2, -0.15) is 0 Å². The number of unbranched alkanes of at least 4 members (excludes halogenated alkanes) is 1. The molecule has 4 aliphatic rings. The van der Waals surface area contributed by atoms with Crippen LogP contribution in [0.3, 0.4) is 0 Å². The van der Waals surface area contributed by atoms with Crippen molar-refractivity contribution in [3.63, 3.8) is 0 Å². The van der Waals surface area contributed by atoms with E-state index in [0.29, 0.717) is 32.0 Å². The zero-order chi connectivity index (χ0) is 41.9. The number of allylic oxidation sites excluding steroid dienone is 1. The fourth-order valence-electron chi connectivity index (χ4n) is 10.6. The van der Waals surface area contributed by atoms with E-state index < -0.39 is 17.2 Å². The van der Waals surface area contributed by atoms with Gasteiger partial charge in [-0.15, -0.1) is 0 Å². The Labute approximate surface area is 347 Å². The first-order valence-corrected chi connectivity index (χ1v) is 23.3. The SMILES string of the molecule is CCC(CC)(CCNCCCCN(CCC(CC)(CC)NC(=O)OC(C)(C)C)C(=O)OC1CCC2C(=CCC3C4CCCC4CCC23)C1)NC(=O)OCC(C)(C)C. The standard InChI is InChI=1S/C47H84N4O6/c1-11-46(12-2,49-41(52)55-33-44(5,6)7)26-29-48-28-15-16-30-51(31-27-47(13-3,14-4)50-42(53)57-45(8,9)10)43(54)56-36-22-25-38-35(32-36)21-24-39-37-19-17-18-34(37)20-23-40(38)39/h21,34,36-40,48H,11-20,22-33H2,1-10H3,(H,49,52)(H,50,53). The van der Waals surface area contributed by atoms with Gasteiger partial charge >= 0.3 is 18.3 Å². The van der Waals surface area contributed by atoms with Crippen LogP contribution in [0.4, 0.5) is 14.4 Å². The van der Waals surface area contributed by atoms with Gasteiger partial charge in [0, 0.05) is 30.6 Å². The second-order valence-electron chi connectivity index (χ2n) is 20.5. The van der Waals surface area contributed by atoms with Crippen LogP contribution in [0.2, 0.25) is 0 Å². The van der Waals surface area contributed by atoms with Crippen LogP contribution >= 0.6 is 0 Å². The zero-order valence-electron chi connectivity index (χ0n) is 38.0. The molecule has 0 aromatic heterocycles. The summed E-state index contributed by atoms with van der Waals surface area (Å²) in [5.41, 5.74) is 0.0845. The van der Waals surface area contributed by atoms with Gasteiger partial charge in [-0.3, -0.25) is 0 Å². The van der Waals surface area contributed by atoms with Crippen LogP contribution < -0.4 is 16.0 Å². The number of rotatable bonds is 19. The van der Waals surface area contributed by atoms with E-state index >= 15 is 0 Å². The number of amides is 3. The maximum absolute atomic E-state index is 14.1. The maximum atomic E-state index is 14.1. The summed E-state index contributed by atoms with van der Waals surface area (Å²) < 4.78 is 17.5. The summed E-state index contributed by atoms with van der Waals surface area (Å²) in [4.78, 5) is 41.5. The molecular weight excluding hydrogens is 717 g/mol. The second kappa shape index (κ2) is 21.2. The topological polar surface area (TPSA) is 118 Å². The van der Waals surface area contributed by atoms with Crippen molar-refractivity contribution in [3.8, 4) is 0 Å². The third-order valence-corrected chi connectivity index (χ3v) is 14.3. The van der Waals surface area contributed by atoms with E-state index in [2.05, 4.69) is 70.5 Å². The Balaban J connectivity index is 1.32. The Morgan fingerprint density at radius 2 is 1.42 bits per heavy atom. The number of fused-ring (bicyclic) bond motifs is 5. The highest BCUT2D eigenvalue weighted by molar-refractivity contribution is 5.69. The Bertz CT molecular complexity index is 1310. The van der Waals surface area contributed by atoms with Crippen LogP contribution in [0, 0.1) is 35.0 Å². The monoisotopic (exact) mass is 801 g/mol. The third kappa shape index (κ3) is 14.1. The molecule has 0 bridgehead atoms. The summed E-state index contributed by atoms with van der Waals surface area (Å²) in [6.45, 7) is 23.3. The van der Waals surface area contributed by atoms with Gasteiger partial charge in [-0.05, 0) is 159 Å². The molecule has 10 heteroatoms. The number of nitrogens with zero attached hydrogens (tertiary/aromatic N) is 1. The number of carbonyl (C=O) groups excluding carboxylic acids is 3. The number of ether oxygens (including phenoxy) is 3. The summed E-state index contributed by atoms with van der Waals surface area (Å²) in [5.74, 6) is 4.28. The number of carbonyl (C=O) groups is 3. The molecule has 0 heterocycles. The molecule has 57 heavy (non-hydrogen) atoms. The number of nitrogens with one attached hydrogen (secondary N) is 3. The number of alkyl carbamates (subject to hydrolysis) is 2. The van der Waals surface area contributed by atoms with Gasteiger partial charge in [0.1, 0.15) is 11.7 Å². The molecule has 4 rings (SSSR count). The van der Waals surface area contributed by atoms with E-state index in [1.807, 2.05) is 25.7 Å². The first-order valence-electron chi connectivity index (χ1n) is 23.3. The number of hydrogen-bond acceptors (Lipinski definition) is 7. The van der Waals surface area contributed by atoms with E-state index in [9.17, 15) is 14.4 Å². The quantitative estimate of drug-likeness (QED) is 0.0676. The molecule has 4 aliphatic carbocycles. The largest absolute Gasteiger partial charge is 0.449 e. The van der Waals surface area contributed by atoms with Gasteiger partial charge in [0.15, 0.2) is 0 Å². The van der Waals surface area contributed by atoms with Gasteiger partial charge in [-0.25, -0.2) is 14.4 Å². The lowest BCUT2D eigenvalue weighted by Gasteiger charge is -2.49. The smallest absolute Gasteiger partial charge is 0.410 e. The second-order valence-corrected chi connectivity index (χ2v) is 20.5. The van der Waals surface area contributed by atoms with Crippen molar-refractivity contribution in [2.75, 3.05) is 32.8 Å². The van der Waals surface area contributed by atoms with Crippen molar-refractivity contribution in [1.29, 1.82) is 0 Å². The van der Waals surface area contributed by atoms with E-state index in [4.69, 9.17) is 14.2 Å². The van der Waals surface area contributed by atoms with Gasteiger partial charge < -0.3 is 35.1 Å². The molecule has 6 atom stereocenters. The molecule has 0 aromatic rings. The molecule has 3 amide bonds. The van der Waals surface area contributed by atoms with Crippen LogP contribution in [-0.4, -0.2) is 78.7 Å². The van der Waals surface area contributed by atoms with Crippen molar-refractivity contribution in [3.05, 3.63) is 11.6 Å². The summed E-state index contributed by atoms with van der Waals surface area (Å²) in [7, 11) is 0. The molecule has 0 spiro atoms. The number of hydrogen-bond donors (Lipinski definition) is 3. The Hall–Kier alpha value is -2.49. The predicted octanol–water partition coefficient (Wildman–Crippen LogP) is 10.9. The van der Waals surface area contributed by atoms with Gasteiger partial charge in [-0.1, -0.05) is 73.0 Å². The van der Waals surface area contributed by atoms with Crippen LogP contribution in [0.5, 0.6) is 0 Å². The van der Waals surface area contributed by atoms with E-state index in [0.717, 1.165) is 101 Å². The van der Waals surface area contributed by atoms with Crippen LogP contribution in [0.25, 0.3) is 0 Å². The predicted molar refractivity (Wildman–Crippen MR) is 230 cm³/mol. The minimum atomic E-state index is -0.589. The molecule has 0 aromatic carbocycles. The van der Waals surface area contributed by atoms with E-state index in [1.54, 1.807) is 5.57 Å². The zero-order valence-corrected chi connectivity index (χ0v) is 38.0. The van der Waals surface area contributed by atoms with Crippen molar-refractivity contribution in [2.45, 2.75) is 201 Å². The molecular formula is C47H84N4O6. The van der Waals surface area contributed by atoms with Crippen molar-refractivity contribution in [2.24, 2.45) is 35.0 Å². The average molecular weight is 801 g/mol. The first-order chi connectivity index (χ1) is 26.9. The molecule has 3 N–H and O–H groups in total. The summed E-state index contributed by atoms with van der Waals surface area (Å²) in [5, 5.41) is 9.92. The van der Waals surface area contributed by atoms with Crippen molar-refractivity contribution < 1.29 is 28.6 Å². The lowest BCUT2D eigenvalue weighted by atomic mass is 9.57. The van der Waals surface area contributed by atoms with Crippen LogP contribution in [-0.2, 0) is 14.2 Å². The fourth-order valence-corrected chi connectivity index (χ4v) is 10.6. The summed E-state index contributed by atoms with van der Waals surface area (Å²) >= 11 is 0. The van der Waals surface area contributed by atoms with E-state index in [1.165, 1.54) is 38.5 Å². The fraction of sp³-hybridized carbons (Fsp3) is 0.894. The van der Waals surface area contributed by atoms with E-state index in [-0.39, 0.29) is 29.2 Å². The van der Waals surface area contributed by atoms with Gasteiger partial charge in [0.2, 0.25) is 0 Å². The summed E-state index contributed by atoms with van der Waals surface area (Å²) in [6.07, 6.45) is 19.0. The molecule has 0 saturated heterocycles. The summed E-state index contributed by atoms with van der Waals surface area (Å²) in [6, 6.07) is 0. The lowest BCUT2D eigenvalue weighted by molar-refractivity contribution is 0.0210. The molecule has 10 nitrogen and oxygen atoms in total. The highest BCUT2D eigenvalue weighted by Crippen LogP contribution is 2.56. The Morgan fingerprint density at radius 3 is 2.09 bits per heavy atom. The molecule has 3 fully saturated rings. The highest BCUT2D eigenvalue weighted by Gasteiger charge is 2.47. The van der Waals surface area contributed by atoms with Crippen molar-refractivity contribution in [1.82, 2.24) is 20.9 Å². The lowest BCUT2D eigenvalue weighted by Crippen LogP contribution is -2.51. The van der Waals surface area contributed by atoms with Gasteiger partial charge in [0.05, 0.1) is 6.61 Å². The highest BCUT2D eigenvalue weighted by atomic mass is 16.6. The third-order valence-electron chi connectivity index (χ3n) is 14.3. The minimum Gasteiger partial charge on any atom is -0.449 e. The Kier molecular flexibility index (Phi) is 17.5. The molecule has 0 aliphatic heterocycles. The first kappa shape index (κ1) is 47.2. The van der Waals surface area contributed by atoms with Crippen molar-refractivity contribution >= 4 is 18.3 Å². The maximum Gasteiger partial charge on any atom is 0.410 e. The molecule has 0 radical (unpaired) electrons. The average Bonchev–Trinajstić information content (AvgIpc) is 3.65. The minimum absolute atomic E-state index is 0.0805. The Morgan fingerprint density at radius 1 is 0.737 bits per heavy atom. The van der Waals surface area contributed by atoms with Crippen LogP contribution in [0.15, 0.2) is 11.6 Å². The molecule has 6 unspecified atom stereocenters.